The first kappa shape index (κ1) is 11.1. The summed E-state index contributed by atoms with van der Waals surface area (Å²) in [6.45, 7) is 0. The van der Waals surface area contributed by atoms with E-state index in [1.807, 2.05) is 0 Å². The minimum Gasteiger partial charge on any atom is -0.478 e. The zero-order valence-electron chi connectivity index (χ0n) is 7.70. The van der Waals surface area contributed by atoms with Gasteiger partial charge < -0.3 is 10.0 Å². The summed E-state index contributed by atoms with van der Waals surface area (Å²) in [4.78, 5) is 21.4. The van der Waals surface area contributed by atoms with Gasteiger partial charge in [0.2, 0.25) is 6.41 Å². The topological polar surface area (TPSA) is 57.6 Å². The summed E-state index contributed by atoms with van der Waals surface area (Å²) in [7, 11) is 1.16. The lowest BCUT2D eigenvalue weighted by molar-refractivity contribution is -0.107. The highest BCUT2D eigenvalue weighted by Gasteiger charge is 2.17. The van der Waals surface area contributed by atoms with Gasteiger partial charge in [0.05, 0.1) is 5.56 Å². The van der Waals surface area contributed by atoms with Gasteiger partial charge in [-0.25, -0.2) is 13.6 Å². The standard InChI is InChI=1S/C9H7F2NO3/c1-12(4-13)8-6(10)2-5(9(14)15)3-7(8)11/h2-4H,1H3,(H,14,15). The molecule has 0 bridgehead atoms. The molecule has 1 amide bonds. The number of rotatable bonds is 3. The molecule has 0 aliphatic rings. The Bertz CT molecular complexity index is 397. The van der Waals surface area contributed by atoms with E-state index in [-0.39, 0.29) is 6.41 Å². The number of carboxylic acids is 1. The number of nitrogens with zero attached hydrogens (tertiary/aromatic N) is 1. The number of hydrogen-bond acceptors (Lipinski definition) is 2. The van der Waals surface area contributed by atoms with Crippen LogP contribution in [0, 0.1) is 11.6 Å². The molecule has 0 heterocycles. The van der Waals surface area contributed by atoms with Gasteiger partial charge in [0.1, 0.15) is 5.69 Å². The van der Waals surface area contributed by atoms with E-state index in [0.717, 1.165) is 7.05 Å². The van der Waals surface area contributed by atoms with Crippen molar-refractivity contribution < 1.29 is 23.5 Å². The Morgan fingerprint density at radius 1 is 1.40 bits per heavy atom. The first-order chi connectivity index (χ1) is 6.97. The molecule has 0 aliphatic carbocycles. The summed E-state index contributed by atoms with van der Waals surface area (Å²) < 4.78 is 26.4. The van der Waals surface area contributed by atoms with Gasteiger partial charge in [-0.2, -0.15) is 0 Å². The Balaban J connectivity index is 3.33. The number of anilines is 1. The molecule has 4 nitrogen and oxygen atoms in total. The van der Waals surface area contributed by atoms with Crippen molar-refractivity contribution in [3.05, 3.63) is 29.3 Å². The molecule has 0 radical (unpaired) electrons. The fraction of sp³-hybridized carbons (Fsp3) is 0.111. The van der Waals surface area contributed by atoms with E-state index in [9.17, 15) is 18.4 Å². The third kappa shape index (κ3) is 2.09. The van der Waals surface area contributed by atoms with Gasteiger partial charge in [-0.1, -0.05) is 0 Å². The number of hydrogen-bond donors (Lipinski definition) is 1. The Morgan fingerprint density at radius 3 is 2.20 bits per heavy atom. The highest BCUT2D eigenvalue weighted by atomic mass is 19.1. The molecule has 6 heteroatoms. The maximum atomic E-state index is 13.2. The van der Waals surface area contributed by atoms with Gasteiger partial charge in [-0.3, -0.25) is 4.79 Å². The van der Waals surface area contributed by atoms with Crippen molar-refractivity contribution in [2.24, 2.45) is 0 Å². The van der Waals surface area contributed by atoms with Crippen molar-refractivity contribution in [1.29, 1.82) is 0 Å². The first-order valence-electron chi connectivity index (χ1n) is 3.88. The number of benzene rings is 1. The van der Waals surface area contributed by atoms with Crippen LogP contribution in [0.2, 0.25) is 0 Å². The average Bonchev–Trinajstić information content (AvgIpc) is 2.16. The molecule has 0 saturated heterocycles. The lowest BCUT2D eigenvalue weighted by Gasteiger charge is -2.13. The van der Waals surface area contributed by atoms with Crippen LogP contribution < -0.4 is 4.90 Å². The smallest absolute Gasteiger partial charge is 0.335 e. The lowest BCUT2D eigenvalue weighted by Crippen LogP contribution is -2.17. The monoisotopic (exact) mass is 215 g/mol. The molecule has 0 unspecified atom stereocenters. The Labute approximate surface area is 83.7 Å². The molecule has 0 aromatic heterocycles. The maximum absolute atomic E-state index is 13.2. The van der Waals surface area contributed by atoms with Crippen molar-refractivity contribution in [1.82, 2.24) is 0 Å². The third-order valence-electron chi connectivity index (χ3n) is 1.77. The van der Waals surface area contributed by atoms with Crippen molar-refractivity contribution in [3.63, 3.8) is 0 Å². The second kappa shape index (κ2) is 4.04. The molecule has 0 fully saturated rings. The normalized spacial score (nSPS) is 9.80. The molecule has 1 aromatic rings. The molecule has 0 saturated carbocycles. The minimum absolute atomic E-state index is 0.224. The van der Waals surface area contributed by atoms with Crippen LogP contribution in [0.25, 0.3) is 0 Å². The van der Waals surface area contributed by atoms with E-state index in [0.29, 0.717) is 17.0 Å². The number of carbonyl (C=O) groups excluding carboxylic acids is 1. The van der Waals surface area contributed by atoms with Gasteiger partial charge in [-0.05, 0) is 12.1 Å². The predicted molar refractivity (Wildman–Crippen MR) is 47.8 cm³/mol. The van der Waals surface area contributed by atoms with Gasteiger partial charge in [0.25, 0.3) is 0 Å². The number of halogens is 2. The van der Waals surface area contributed by atoms with Crippen molar-refractivity contribution in [2.45, 2.75) is 0 Å². The molecular formula is C9H7F2NO3. The Morgan fingerprint density at radius 2 is 1.87 bits per heavy atom. The molecule has 1 rings (SSSR count). The van der Waals surface area contributed by atoms with E-state index in [1.165, 1.54) is 0 Å². The minimum atomic E-state index is -1.44. The van der Waals surface area contributed by atoms with Crippen LogP contribution >= 0.6 is 0 Å². The molecule has 1 aromatic carbocycles. The number of carboxylic acid groups (broad SMARTS) is 1. The fourth-order valence-corrected chi connectivity index (χ4v) is 1.08. The van der Waals surface area contributed by atoms with Crippen LogP contribution in [0.1, 0.15) is 10.4 Å². The second-order valence-electron chi connectivity index (χ2n) is 2.81. The van der Waals surface area contributed by atoms with Crippen LogP contribution in [0.5, 0.6) is 0 Å². The average molecular weight is 215 g/mol. The molecule has 1 N–H and O–H groups in total. The van der Waals surface area contributed by atoms with Crippen molar-refractivity contribution in [3.8, 4) is 0 Å². The van der Waals surface area contributed by atoms with Crippen LogP contribution in [0.3, 0.4) is 0 Å². The van der Waals surface area contributed by atoms with Crippen molar-refractivity contribution in [2.75, 3.05) is 11.9 Å². The summed E-state index contributed by atoms with van der Waals surface area (Å²) in [5.74, 6) is -3.63. The molecular weight excluding hydrogens is 208 g/mol. The summed E-state index contributed by atoms with van der Waals surface area (Å²) >= 11 is 0. The van der Waals surface area contributed by atoms with E-state index >= 15 is 0 Å². The SMILES string of the molecule is CN(C=O)c1c(F)cc(C(=O)O)cc1F. The first-order valence-corrected chi connectivity index (χ1v) is 3.88. The molecule has 15 heavy (non-hydrogen) atoms. The highest BCUT2D eigenvalue weighted by Crippen LogP contribution is 2.23. The summed E-state index contributed by atoms with van der Waals surface area (Å²) in [6.07, 6.45) is 0.224. The third-order valence-corrected chi connectivity index (χ3v) is 1.77. The van der Waals surface area contributed by atoms with Gasteiger partial charge in [-0.15, -0.1) is 0 Å². The second-order valence-corrected chi connectivity index (χ2v) is 2.81. The fourth-order valence-electron chi connectivity index (χ4n) is 1.08. The summed E-state index contributed by atoms with van der Waals surface area (Å²) in [5.41, 5.74) is -1.08. The maximum Gasteiger partial charge on any atom is 0.335 e. The number of aromatic carboxylic acids is 1. The van der Waals surface area contributed by atoms with E-state index in [4.69, 9.17) is 5.11 Å². The quantitative estimate of drug-likeness (QED) is 0.772. The van der Waals surface area contributed by atoms with E-state index < -0.39 is 28.9 Å². The summed E-state index contributed by atoms with van der Waals surface area (Å²) in [6, 6.07) is 1.31. The zero-order chi connectivity index (χ0) is 11.6. The predicted octanol–water partition coefficient (Wildman–Crippen LogP) is 1.26. The molecule has 80 valence electrons. The Hall–Kier alpha value is -1.98. The zero-order valence-corrected chi connectivity index (χ0v) is 7.70. The van der Waals surface area contributed by atoms with Crippen LogP contribution in [0.15, 0.2) is 12.1 Å². The molecule has 0 atom stereocenters. The molecule has 0 spiro atoms. The Kier molecular flexibility index (Phi) is 2.99. The van der Waals surface area contributed by atoms with Crippen LogP contribution in [-0.4, -0.2) is 24.5 Å². The van der Waals surface area contributed by atoms with Gasteiger partial charge in [0, 0.05) is 7.05 Å². The van der Waals surface area contributed by atoms with Crippen molar-refractivity contribution >= 4 is 18.1 Å². The number of carbonyl (C=O) groups is 2. The lowest BCUT2D eigenvalue weighted by atomic mass is 10.2. The van der Waals surface area contributed by atoms with Crippen LogP contribution in [0.4, 0.5) is 14.5 Å². The largest absolute Gasteiger partial charge is 0.478 e. The van der Waals surface area contributed by atoms with E-state index in [2.05, 4.69) is 0 Å². The van der Waals surface area contributed by atoms with Crippen LogP contribution in [-0.2, 0) is 4.79 Å². The van der Waals surface area contributed by atoms with E-state index in [1.54, 1.807) is 0 Å². The van der Waals surface area contributed by atoms with Gasteiger partial charge >= 0.3 is 5.97 Å². The summed E-state index contributed by atoms with van der Waals surface area (Å²) in [5, 5.41) is 8.50. The van der Waals surface area contributed by atoms with Gasteiger partial charge in [0.15, 0.2) is 11.6 Å². The highest BCUT2D eigenvalue weighted by molar-refractivity contribution is 5.88. The number of amides is 1. The molecule has 0 aliphatic heterocycles.